The summed E-state index contributed by atoms with van der Waals surface area (Å²) in [6.07, 6.45) is 3.54. The van der Waals surface area contributed by atoms with E-state index in [1.54, 1.807) is 0 Å². The predicted octanol–water partition coefficient (Wildman–Crippen LogP) is 4.05. The molecule has 0 saturated carbocycles. The molecule has 2 rings (SSSR count). The van der Waals surface area contributed by atoms with Crippen LogP contribution in [-0.2, 0) is 6.42 Å². The van der Waals surface area contributed by atoms with Gasteiger partial charge in [0.2, 0.25) is 0 Å². The number of nitrogens with one attached hydrogen (secondary N) is 1. The van der Waals surface area contributed by atoms with Gasteiger partial charge in [0, 0.05) is 23.4 Å². The van der Waals surface area contributed by atoms with Gasteiger partial charge in [-0.1, -0.05) is 43.7 Å². The molecule has 1 aromatic carbocycles. The Morgan fingerprint density at radius 1 is 1.16 bits per heavy atom. The molecule has 0 aliphatic carbocycles. The maximum Gasteiger partial charge on any atom is 0.0948 e. The van der Waals surface area contributed by atoms with Gasteiger partial charge in [-0.2, -0.15) is 0 Å². The first-order chi connectivity index (χ1) is 9.31. The molecule has 0 aliphatic rings. The van der Waals surface area contributed by atoms with Crippen LogP contribution in [0.5, 0.6) is 0 Å². The highest BCUT2D eigenvalue weighted by Gasteiger charge is 2.08. The van der Waals surface area contributed by atoms with Crippen LogP contribution in [0.15, 0.2) is 30.3 Å². The SMILES string of the molecule is CCCCNCCc1nc(-c2ccccc2)c(C)s1. The first-order valence-corrected chi connectivity index (χ1v) is 7.85. The highest BCUT2D eigenvalue weighted by Crippen LogP contribution is 2.27. The third-order valence-electron chi connectivity index (χ3n) is 3.11. The van der Waals surface area contributed by atoms with E-state index in [2.05, 4.69) is 43.4 Å². The third kappa shape index (κ3) is 4.15. The van der Waals surface area contributed by atoms with Crippen LogP contribution in [-0.4, -0.2) is 18.1 Å². The summed E-state index contributed by atoms with van der Waals surface area (Å²) >= 11 is 1.82. The van der Waals surface area contributed by atoms with E-state index >= 15 is 0 Å². The molecule has 3 heteroatoms. The number of unbranched alkanes of at least 4 members (excludes halogenated alkanes) is 1. The van der Waals surface area contributed by atoms with Crippen LogP contribution >= 0.6 is 11.3 Å². The van der Waals surface area contributed by atoms with E-state index in [0.717, 1.165) is 25.2 Å². The Labute approximate surface area is 119 Å². The predicted molar refractivity (Wildman–Crippen MR) is 83.8 cm³/mol. The number of nitrogens with zero attached hydrogens (tertiary/aromatic N) is 1. The van der Waals surface area contributed by atoms with Crippen LogP contribution < -0.4 is 5.32 Å². The number of rotatable bonds is 7. The summed E-state index contributed by atoms with van der Waals surface area (Å²) in [6.45, 7) is 6.53. The monoisotopic (exact) mass is 274 g/mol. The molecule has 2 nitrogen and oxygen atoms in total. The van der Waals surface area contributed by atoms with E-state index in [-0.39, 0.29) is 0 Å². The fourth-order valence-electron chi connectivity index (χ4n) is 2.04. The van der Waals surface area contributed by atoms with E-state index in [1.807, 2.05) is 17.4 Å². The quantitative estimate of drug-likeness (QED) is 0.770. The standard InChI is InChI=1S/C16H22N2S/c1-3-4-11-17-12-10-15-18-16(13(2)19-15)14-8-6-5-7-9-14/h5-9,17H,3-4,10-12H2,1-2H3. The van der Waals surface area contributed by atoms with Gasteiger partial charge in [-0.15, -0.1) is 11.3 Å². The largest absolute Gasteiger partial charge is 0.316 e. The van der Waals surface area contributed by atoms with E-state index in [1.165, 1.54) is 28.3 Å². The van der Waals surface area contributed by atoms with Crippen molar-refractivity contribution in [3.63, 3.8) is 0 Å². The van der Waals surface area contributed by atoms with Crippen LogP contribution in [0.25, 0.3) is 11.3 Å². The van der Waals surface area contributed by atoms with Crippen molar-refractivity contribution in [1.29, 1.82) is 0 Å². The van der Waals surface area contributed by atoms with Gasteiger partial charge in [-0.3, -0.25) is 0 Å². The lowest BCUT2D eigenvalue weighted by molar-refractivity contribution is 0.639. The van der Waals surface area contributed by atoms with Gasteiger partial charge in [-0.25, -0.2) is 4.98 Å². The van der Waals surface area contributed by atoms with Crippen molar-refractivity contribution >= 4 is 11.3 Å². The van der Waals surface area contributed by atoms with E-state index < -0.39 is 0 Å². The Hall–Kier alpha value is -1.19. The Balaban J connectivity index is 1.94. The molecule has 0 amide bonds. The second-order valence-electron chi connectivity index (χ2n) is 4.73. The first-order valence-electron chi connectivity index (χ1n) is 7.03. The molecule has 102 valence electrons. The van der Waals surface area contributed by atoms with Crippen molar-refractivity contribution in [3.8, 4) is 11.3 Å². The molecular weight excluding hydrogens is 252 g/mol. The highest BCUT2D eigenvalue weighted by molar-refractivity contribution is 7.12. The molecule has 1 heterocycles. The number of hydrogen-bond acceptors (Lipinski definition) is 3. The summed E-state index contributed by atoms with van der Waals surface area (Å²) in [5, 5.41) is 4.71. The second kappa shape index (κ2) is 7.41. The van der Waals surface area contributed by atoms with Crippen molar-refractivity contribution in [3.05, 3.63) is 40.2 Å². The van der Waals surface area contributed by atoms with Crippen LogP contribution in [0.2, 0.25) is 0 Å². The van der Waals surface area contributed by atoms with Crippen LogP contribution in [0.1, 0.15) is 29.7 Å². The number of aryl methyl sites for hydroxylation is 1. The lowest BCUT2D eigenvalue weighted by Gasteiger charge is -2.01. The number of aromatic nitrogens is 1. The van der Waals surface area contributed by atoms with Crippen molar-refractivity contribution in [2.75, 3.05) is 13.1 Å². The van der Waals surface area contributed by atoms with E-state index in [4.69, 9.17) is 4.98 Å². The minimum atomic E-state index is 1.03. The molecule has 19 heavy (non-hydrogen) atoms. The fraction of sp³-hybridized carbons (Fsp3) is 0.438. The zero-order valence-corrected chi connectivity index (χ0v) is 12.6. The maximum atomic E-state index is 4.78. The molecule has 0 spiro atoms. The van der Waals surface area contributed by atoms with Gasteiger partial charge < -0.3 is 5.32 Å². The number of hydrogen-bond donors (Lipinski definition) is 1. The molecule has 0 radical (unpaired) electrons. The Morgan fingerprint density at radius 3 is 2.68 bits per heavy atom. The molecule has 0 aliphatic heterocycles. The average molecular weight is 274 g/mol. The molecule has 1 aromatic heterocycles. The lowest BCUT2D eigenvalue weighted by Crippen LogP contribution is -2.18. The Kier molecular flexibility index (Phi) is 5.55. The summed E-state index contributed by atoms with van der Waals surface area (Å²) in [5.74, 6) is 0. The van der Waals surface area contributed by atoms with Gasteiger partial charge in [0.05, 0.1) is 10.7 Å². The Morgan fingerprint density at radius 2 is 1.95 bits per heavy atom. The summed E-state index contributed by atoms with van der Waals surface area (Å²) in [6, 6.07) is 10.4. The van der Waals surface area contributed by atoms with Crippen molar-refractivity contribution in [2.24, 2.45) is 0 Å². The third-order valence-corrected chi connectivity index (χ3v) is 4.14. The minimum Gasteiger partial charge on any atom is -0.316 e. The van der Waals surface area contributed by atoms with Gasteiger partial charge in [0.15, 0.2) is 0 Å². The van der Waals surface area contributed by atoms with Crippen LogP contribution in [0.4, 0.5) is 0 Å². The minimum absolute atomic E-state index is 1.03. The summed E-state index contributed by atoms with van der Waals surface area (Å²) in [4.78, 5) is 6.09. The number of benzene rings is 1. The van der Waals surface area contributed by atoms with E-state index in [0.29, 0.717) is 0 Å². The molecule has 0 bridgehead atoms. The molecule has 1 N–H and O–H groups in total. The van der Waals surface area contributed by atoms with Crippen molar-refractivity contribution in [1.82, 2.24) is 10.3 Å². The van der Waals surface area contributed by atoms with Gasteiger partial charge in [-0.05, 0) is 19.9 Å². The van der Waals surface area contributed by atoms with Gasteiger partial charge in [0.25, 0.3) is 0 Å². The second-order valence-corrected chi connectivity index (χ2v) is 6.02. The summed E-state index contributed by atoms with van der Waals surface area (Å²) in [5.41, 5.74) is 2.37. The maximum absolute atomic E-state index is 4.78. The fourth-order valence-corrected chi connectivity index (χ4v) is 3.00. The molecule has 2 aromatic rings. The zero-order chi connectivity index (χ0) is 13.5. The summed E-state index contributed by atoms with van der Waals surface area (Å²) in [7, 11) is 0. The van der Waals surface area contributed by atoms with Crippen LogP contribution in [0, 0.1) is 6.92 Å². The molecule has 0 fully saturated rings. The van der Waals surface area contributed by atoms with Crippen molar-refractivity contribution < 1.29 is 0 Å². The molecular formula is C16H22N2S. The van der Waals surface area contributed by atoms with Crippen LogP contribution in [0.3, 0.4) is 0 Å². The summed E-state index contributed by atoms with van der Waals surface area (Å²) < 4.78 is 0. The van der Waals surface area contributed by atoms with Gasteiger partial charge >= 0.3 is 0 Å². The number of thiazole rings is 1. The zero-order valence-electron chi connectivity index (χ0n) is 11.8. The molecule has 0 atom stereocenters. The van der Waals surface area contributed by atoms with E-state index in [9.17, 15) is 0 Å². The molecule has 0 saturated heterocycles. The smallest absolute Gasteiger partial charge is 0.0948 e. The lowest BCUT2D eigenvalue weighted by atomic mass is 10.1. The average Bonchev–Trinajstić information content (AvgIpc) is 2.81. The molecule has 0 unspecified atom stereocenters. The highest BCUT2D eigenvalue weighted by atomic mass is 32.1. The first kappa shape index (κ1) is 14.2. The topological polar surface area (TPSA) is 24.9 Å². The van der Waals surface area contributed by atoms with Gasteiger partial charge in [0.1, 0.15) is 0 Å². The van der Waals surface area contributed by atoms with Crippen molar-refractivity contribution in [2.45, 2.75) is 33.1 Å². The Bertz CT molecular complexity index is 491. The normalized spacial score (nSPS) is 10.8.